The number of hydrogen-bond acceptors (Lipinski definition) is 3. The Morgan fingerprint density at radius 3 is 2.43 bits per heavy atom. The van der Waals surface area contributed by atoms with Crippen molar-refractivity contribution in [2.24, 2.45) is 0 Å². The normalized spacial score (nSPS) is 11.0. The third kappa shape index (κ3) is 2.68. The van der Waals surface area contributed by atoms with E-state index in [1.807, 2.05) is 30.3 Å². The van der Waals surface area contributed by atoms with E-state index < -0.39 is 0 Å². The molecule has 0 radical (unpaired) electrons. The molecule has 0 saturated carbocycles. The molecule has 0 unspecified atom stereocenters. The van der Waals surface area contributed by atoms with Crippen LogP contribution in [0.25, 0.3) is 10.8 Å². The maximum Gasteiger partial charge on any atom is 0.135 e. The molecule has 1 aromatic heterocycles. The van der Waals surface area contributed by atoms with E-state index in [2.05, 4.69) is 31.0 Å². The Morgan fingerprint density at radius 2 is 1.71 bits per heavy atom. The molecular weight excluding hydrogens is 260 g/mol. The summed E-state index contributed by atoms with van der Waals surface area (Å²) in [4.78, 5) is 4.12. The number of nitrogen functional groups attached to an aromatic ring is 1. The standard InChI is InChI=1S/C18H18N2O/c1-12(2)13-3-5-14(6-4-13)21-18-8-7-17(19)16-11-20-10-9-15(16)18/h3-12H,19H2,1-2H3. The van der Waals surface area contributed by atoms with Crippen molar-refractivity contribution in [1.29, 1.82) is 0 Å². The largest absolute Gasteiger partial charge is 0.457 e. The Bertz CT molecular complexity index is 764. The van der Waals surface area contributed by atoms with Gasteiger partial charge in [0.1, 0.15) is 11.5 Å². The van der Waals surface area contributed by atoms with Gasteiger partial charge in [0.2, 0.25) is 0 Å². The molecular formula is C18H18N2O. The number of nitrogens with two attached hydrogens (primary N) is 1. The molecule has 0 saturated heterocycles. The van der Waals surface area contributed by atoms with Crippen LogP contribution in [0.5, 0.6) is 11.5 Å². The molecule has 1 heterocycles. The fourth-order valence-corrected chi connectivity index (χ4v) is 2.32. The van der Waals surface area contributed by atoms with Gasteiger partial charge >= 0.3 is 0 Å². The number of anilines is 1. The molecule has 0 aliphatic rings. The fraction of sp³-hybridized carbons (Fsp3) is 0.167. The Hall–Kier alpha value is -2.55. The number of ether oxygens (including phenoxy) is 1. The highest BCUT2D eigenvalue weighted by Gasteiger charge is 2.07. The Morgan fingerprint density at radius 1 is 0.952 bits per heavy atom. The van der Waals surface area contributed by atoms with Gasteiger partial charge < -0.3 is 10.5 Å². The van der Waals surface area contributed by atoms with Crippen LogP contribution in [0.2, 0.25) is 0 Å². The van der Waals surface area contributed by atoms with E-state index >= 15 is 0 Å². The zero-order chi connectivity index (χ0) is 14.8. The lowest BCUT2D eigenvalue weighted by Crippen LogP contribution is -1.92. The molecule has 3 nitrogen and oxygen atoms in total. The minimum atomic E-state index is 0.516. The number of benzene rings is 2. The van der Waals surface area contributed by atoms with Gasteiger partial charge in [0.05, 0.1) is 0 Å². The monoisotopic (exact) mass is 278 g/mol. The van der Waals surface area contributed by atoms with Crippen LogP contribution < -0.4 is 10.5 Å². The van der Waals surface area contributed by atoms with E-state index in [0.717, 1.165) is 22.3 Å². The van der Waals surface area contributed by atoms with Crippen molar-refractivity contribution in [1.82, 2.24) is 4.98 Å². The fourth-order valence-electron chi connectivity index (χ4n) is 2.32. The molecule has 0 bridgehead atoms. The number of hydrogen-bond donors (Lipinski definition) is 1. The van der Waals surface area contributed by atoms with Crippen molar-refractivity contribution < 1.29 is 4.74 Å². The molecule has 21 heavy (non-hydrogen) atoms. The van der Waals surface area contributed by atoms with Crippen LogP contribution in [0.1, 0.15) is 25.3 Å². The van der Waals surface area contributed by atoms with E-state index in [1.165, 1.54) is 5.56 Å². The van der Waals surface area contributed by atoms with Crippen LogP contribution in [0, 0.1) is 0 Å². The molecule has 2 N–H and O–H groups in total. The first-order valence-electron chi connectivity index (χ1n) is 7.05. The molecule has 3 rings (SSSR count). The minimum Gasteiger partial charge on any atom is -0.457 e. The summed E-state index contributed by atoms with van der Waals surface area (Å²) in [5, 5.41) is 1.88. The van der Waals surface area contributed by atoms with Gasteiger partial charge in [0.15, 0.2) is 0 Å². The van der Waals surface area contributed by atoms with Crippen molar-refractivity contribution in [3.8, 4) is 11.5 Å². The first-order valence-corrected chi connectivity index (χ1v) is 7.05. The second kappa shape index (κ2) is 5.44. The molecule has 3 aromatic rings. The van der Waals surface area contributed by atoms with Crippen LogP contribution in [0.3, 0.4) is 0 Å². The van der Waals surface area contributed by atoms with Gasteiger partial charge in [-0.2, -0.15) is 0 Å². The van der Waals surface area contributed by atoms with Crippen molar-refractivity contribution in [3.63, 3.8) is 0 Å². The zero-order valence-corrected chi connectivity index (χ0v) is 12.2. The summed E-state index contributed by atoms with van der Waals surface area (Å²) in [6.07, 6.45) is 3.51. The molecule has 0 aliphatic heterocycles. The van der Waals surface area contributed by atoms with Gasteiger partial charge in [-0.25, -0.2) is 0 Å². The molecule has 106 valence electrons. The SMILES string of the molecule is CC(C)c1ccc(Oc2ccc(N)c3cnccc23)cc1. The quantitative estimate of drug-likeness (QED) is 0.704. The highest BCUT2D eigenvalue weighted by molar-refractivity contribution is 5.96. The van der Waals surface area contributed by atoms with E-state index in [0.29, 0.717) is 11.6 Å². The molecule has 2 aromatic carbocycles. The van der Waals surface area contributed by atoms with Crippen molar-refractivity contribution >= 4 is 16.5 Å². The summed E-state index contributed by atoms with van der Waals surface area (Å²) in [6.45, 7) is 4.35. The van der Waals surface area contributed by atoms with E-state index in [-0.39, 0.29) is 0 Å². The van der Waals surface area contributed by atoms with Crippen LogP contribution >= 0.6 is 0 Å². The maximum atomic E-state index is 6.00. The van der Waals surface area contributed by atoms with Gasteiger partial charge in [0.25, 0.3) is 0 Å². The minimum absolute atomic E-state index is 0.516. The molecule has 0 spiro atoms. The van der Waals surface area contributed by atoms with E-state index in [4.69, 9.17) is 10.5 Å². The molecule has 3 heteroatoms. The second-order valence-corrected chi connectivity index (χ2v) is 5.40. The lowest BCUT2D eigenvalue weighted by molar-refractivity contribution is 0.488. The lowest BCUT2D eigenvalue weighted by Gasteiger charge is -2.11. The number of aromatic nitrogens is 1. The summed E-state index contributed by atoms with van der Waals surface area (Å²) in [5.41, 5.74) is 7.98. The highest BCUT2D eigenvalue weighted by Crippen LogP contribution is 2.33. The summed E-state index contributed by atoms with van der Waals surface area (Å²) in [7, 11) is 0. The van der Waals surface area contributed by atoms with Crippen molar-refractivity contribution in [3.05, 3.63) is 60.4 Å². The van der Waals surface area contributed by atoms with Gasteiger partial charge in [-0.15, -0.1) is 0 Å². The van der Waals surface area contributed by atoms with Gasteiger partial charge in [-0.3, -0.25) is 4.98 Å². The van der Waals surface area contributed by atoms with Crippen LogP contribution in [-0.2, 0) is 0 Å². The van der Waals surface area contributed by atoms with E-state index in [9.17, 15) is 0 Å². The predicted octanol–water partition coefficient (Wildman–Crippen LogP) is 4.73. The van der Waals surface area contributed by atoms with E-state index in [1.54, 1.807) is 12.4 Å². The van der Waals surface area contributed by atoms with Crippen molar-refractivity contribution in [2.45, 2.75) is 19.8 Å². The first kappa shape index (κ1) is 13.4. The molecule has 0 amide bonds. The van der Waals surface area contributed by atoms with Gasteiger partial charge in [-0.1, -0.05) is 26.0 Å². The number of nitrogens with zero attached hydrogens (tertiary/aromatic N) is 1. The van der Waals surface area contributed by atoms with Gasteiger partial charge in [0, 0.05) is 28.9 Å². The molecule has 0 aliphatic carbocycles. The summed E-state index contributed by atoms with van der Waals surface area (Å²) >= 11 is 0. The Labute approximate surface area is 124 Å². The summed E-state index contributed by atoms with van der Waals surface area (Å²) < 4.78 is 6.00. The predicted molar refractivity (Wildman–Crippen MR) is 86.8 cm³/mol. The first-order chi connectivity index (χ1) is 10.1. The average molecular weight is 278 g/mol. The van der Waals surface area contributed by atoms with Crippen LogP contribution in [0.4, 0.5) is 5.69 Å². The number of rotatable bonds is 3. The summed E-state index contributed by atoms with van der Waals surface area (Å²) in [5.74, 6) is 2.13. The third-order valence-corrected chi connectivity index (χ3v) is 3.59. The third-order valence-electron chi connectivity index (χ3n) is 3.59. The maximum absolute atomic E-state index is 6.00. The number of pyridine rings is 1. The highest BCUT2D eigenvalue weighted by atomic mass is 16.5. The second-order valence-electron chi connectivity index (χ2n) is 5.40. The van der Waals surface area contributed by atoms with Crippen LogP contribution in [0.15, 0.2) is 54.9 Å². The summed E-state index contributed by atoms with van der Waals surface area (Å²) in [6, 6.07) is 13.9. The van der Waals surface area contributed by atoms with Crippen molar-refractivity contribution in [2.75, 3.05) is 5.73 Å². The molecule has 0 fully saturated rings. The Kier molecular flexibility index (Phi) is 3.48. The van der Waals surface area contributed by atoms with Crippen LogP contribution in [-0.4, -0.2) is 4.98 Å². The zero-order valence-electron chi connectivity index (χ0n) is 12.2. The Balaban J connectivity index is 1.96. The van der Waals surface area contributed by atoms with Gasteiger partial charge in [-0.05, 0) is 41.8 Å². The topological polar surface area (TPSA) is 48.1 Å². The lowest BCUT2D eigenvalue weighted by atomic mass is 10.0. The number of fused-ring (bicyclic) bond motifs is 1. The molecule has 0 atom stereocenters. The smallest absolute Gasteiger partial charge is 0.135 e. The average Bonchev–Trinajstić information content (AvgIpc) is 2.51.